The molecule has 0 aliphatic heterocycles. The van der Waals surface area contributed by atoms with Crippen LogP contribution in [-0.2, 0) is 11.0 Å². The fourth-order valence-corrected chi connectivity index (χ4v) is 0.838. The lowest BCUT2D eigenvalue weighted by molar-refractivity contribution is 0.509. The first kappa shape index (κ1) is 12.1. The minimum atomic E-state index is -3.12. The Morgan fingerprint density at radius 3 is 1.77 bits per heavy atom. The number of hydrogen-bond donors (Lipinski definition) is 2. The summed E-state index contributed by atoms with van der Waals surface area (Å²) in [6.07, 6.45) is 0. The van der Waals surface area contributed by atoms with E-state index in [4.69, 9.17) is 13.0 Å². The molecule has 0 spiro atoms. The summed E-state index contributed by atoms with van der Waals surface area (Å²) in [7, 11) is -3.12. The summed E-state index contributed by atoms with van der Waals surface area (Å²) < 4.78 is 24.2. The fraction of sp³-hybridized carbons (Fsp3) is 0.333. The maximum Gasteiger partial charge on any atom is 0.254 e. The number of rotatable bonds is 1. The Kier molecular flexibility index (Phi) is 6.18. The van der Waals surface area contributed by atoms with Crippen molar-refractivity contribution in [3.63, 3.8) is 0 Å². The van der Waals surface area contributed by atoms with Gasteiger partial charge in [-0.3, -0.25) is 4.55 Å². The molecule has 3 nitrogen and oxygen atoms in total. The van der Waals surface area contributed by atoms with E-state index >= 15 is 0 Å². The Morgan fingerprint density at radius 2 is 1.54 bits per heavy atom. The standard InChI is InChI=1S/C9H12.H2O3S/c1-8(2)9-6-4-3-5-7-9;1-4(2)3/h3-8H,1-2H3;4H,(H,1,2,3). The van der Waals surface area contributed by atoms with E-state index < -0.39 is 11.0 Å². The van der Waals surface area contributed by atoms with Gasteiger partial charge in [-0.25, -0.2) is 8.42 Å². The van der Waals surface area contributed by atoms with E-state index in [1.165, 1.54) is 5.56 Å². The van der Waals surface area contributed by atoms with Crippen LogP contribution in [0, 0.1) is 0 Å². The molecule has 0 aliphatic carbocycles. The van der Waals surface area contributed by atoms with Gasteiger partial charge in [-0.2, -0.15) is 0 Å². The van der Waals surface area contributed by atoms with Crippen molar-refractivity contribution in [1.29, 1.82) is 0 Å². The Hall–Kier alpha value is -0.870. The topological polar surface area (TPSA) is 54.4 Å². The predicted octanol–water partition coefficient (Wildman–Crippen LogP) is 1.88. The first-order valence-corrected chi connectivity index (χ1v) is 5.05. The highest BCUT2D eigenvalue weighted by Crippen LogP contribution is 2.11. The normalized spacial score (nSPS) is 9.62. The second-order valence-electron chi connectivity index (χ2n) is 2.80. The lowest BCUT2D eigenvalue weighted by Crippen LogP contribution is -1.83. The van der Waals surface area contributed by atoms with Crippen LogP contribution in [0.4, 0.5) is 0 Å². The maximum atomic E-state index is 8.59. The summed E-state index contributed by atoms with van der Waals surface area (Å²) in [6.45, 7) is 4.41. The summed E-state index contributed by atoms with van der Waals surface area (Å²) in [5.74, 6) is 0.659. The van der Waals surface area contributed by atoms with Gasteiger partial charge in [-0.15, -0.1) is 0 Å². The van der Waals surface area contributed by atoms with Gasteiger partial charge in [-0.05, 0) is 11.5 Å². The third kappa shape index (κ3) is 7.49. The number of thiol groups is 1. The van der Waals surface area contributed by atoms with Gasteiger partial charge in [0.05, 0.1) is 0 Å². The molecule has 1 N–H and O–H groups in total. The van der Waals surface area contributed by atoms with Crippen LogP contribution in [-0.4, -0.2) is 13.0 Å². The second-order valence-corrected chi connectivity index (χ2v) is 3.28. The lowest BCUT2D eigenvalue weighted by Gasteiger charge is -2.01. The van der Waals surface area contributed by atoms with Gasteiger partial charge in [0.1, 0.15) is 0 Å². The predicted molar refractivity (Wildman–Crippen MR) is 53.5 cm³/mol. The van der Waals surface area contributed by atoms with Crippen LogP contribution in [0.15, 0.2) is 30.3 Å². The van der Waals surface area contributed by atoms with Crippen LogP contribution < -0.4 is 0 Å². The van der Waals surface area contributed by atoms with Gasteiger partial charge >= 0.3 is 0 Å². The third-order valence-corrected chi connectivity index (χ3v) is 1.47. The second kappa shape index (κ2) is 6.62. The Balaban J connectivity index is 0.000000310. The molecule has 0 saturated carbocycles. The number of benzene rings is 1. The molecule has 1 aromatic rings. The monoisotopic (exact) mass is 202 g/mol. The van der Waals surface area contributed by atoms with Gasteiger partial charge in [0.2, 0.25) is 0 Å². The van der Waals surface area contributed by atoms with Gasteiger partial charge in [0, 0.05) is 0 Å². The Labute approximate surface area is 80.2 Å². The highest BCUT2D eigenvalue weighted by Gasteiger charge is 1.93. The molecule has 0 amide bonds. The molecule has 13 heavy (non-hydrogen) atoms. The average Bonchev–Trinajstić information content (AvgIpc) is 2.05. The third-order valence-electron chi connectivity index (χ3n) is 1.47. The van der Waals surface area contributed by atoms with E-state index in [1.807, 2.05) is 6.07 Å². The van der Waals surface area contributed by atoms with Crippen molar-refractivity contribution in [2.24, 2.45) is 0 Å². The zero-order valence-electron chi connectivity index (χ0n) is 7.68. The molecular weight excluding hydrogens is 188 g/mol. The highest BCUT2D eigenvalue weighted by atomic mass is 32.2. The average molecular weight is 202 g/mol. The van der Waals surface area contributed by atoms with Crippen molar-refractivity contribution < 1.29 is 13.0 Å². The summed E-state index contributed by atoms with van der Waals surface area (Å²) >= 11 is 0. The fourth-order valence-electron chi connectivity index (χ4n) is 0.838. The van der Waals surface area contributed by atoms with Gasteiger partial charge < -0.3 is 0 Å². The molecule has 74 valence electrons. The molecule has 0 aromatic heterocycles. The van der Waals surface area contributed by atoms with Crippen LogP contribution >= 0.6 is 0 Å². The van der Waals surface area contributed by atoms with Crippen molar-refractivity contribution in [3.05, 3.63) is 35.9 Å². The first-order valence-electron chi connectivity index (χ1n) is 3.92. The zero-order valence-corrected chi connectivity index (χ0v) is 8.57. The molecule has 0 aliphatic rings. The molecular formula is C9H14O3S. The van der Waals surface area contributed by atoms with Crippen molar-refractivity contribution in [2.75, 3.05) is 0 Å². The maximum absolute atomic E-state index is 8.59. The van der Waals surface area contributed by atoms with Crippen LogP contribution in [0.2, 0.25) is 0 Å². The molecule has 0 radical (unpaired) electrons. The molecule has 0 atom stereocenters. The van der Waals surface area contributed by atoms with E-state index in [0.717, 1.165) is 0 Å². The first-order chi connectivity index (χ1) is 6.04. The molecule has 1 aromatic carbocycles. The van der Waals surface area contributed by atoms with Crippen molar-refractivity contribution in [2.45, 2.75) is 19.8 Å². The minimum absolute atomic E-state index is 0.659. The van der Waals surface area contributed by atoms with E-state index in [-0.39, 0.29) is 0 Å². The van der Waals surface area contributed by atoms with Gasteiger partial charge in [-0.1, -0.05) is 44.2 Å². The van der Waals surface area contributed by atoms with E-state index in [9.17, 15) is 0 Å². The largest absolute Gasteiger partial charge is 0.288 e. The molecule has 0 saturated heterocycles. The smallest absolute Gasteiger partial charge is 0.254 e. The van der Waals surface area contributed by atoms with Crippen LogP contribution in [0.1, 0.15) is 25.3 Å². The molecule has 1 rings (SSSR count). The van der Waals surface area contributed by atoms with Crippen molar-refractivity contribution >= 4 is 11.0 Å². The van der Waals surface area contributed by atoms with Crippen LogP contribution in [0.25, 0.3) is 0 Å². The minimum Gasteiger partial charge on any atom is -0.288 e. The van der Waals surface area contributed by atoms with Crippen LogP contribution in [0.3, 0.4) is 0 Å². The summed E-state index contributed by atoms with van der Waals surface area (Å²) in [5, 5.41) is 0. The summed E-state index contributed by atoms with van der Waals surface area (Å²) in [5.41, 5.74) is 1.41. The van der Waals surface area contributed by atoms with Crippen LogP contribution in [0.5, 0.6) is 0 Å². The zero-order chi connectivity index (χ0) is 10.3. The SMILES string of the molecule is CC(C)c1ccccc1.O=[SH](=O)O. The number of hydrogen-bond acceptors (Lipinski definition) is 2. The molecule has 0 heterocycles. The molecule has 4 heteroatoms. The van der Waals surface area contributed by atoms with E-state index in [2.05, 4.69) is 38.1 Å². The van der Waals surface area contributed by atoms with Gasteiger partial charge in [0.25, 0.3) is 11.0 Å². The van der Waals surface area contributed by atoms with E-state index in [1.54, 1.807) is 0 Å². The summed E-state index contributed by atoms with van der Waals surface area (Å²) in [4.78, 5) is 0. The van der Waals surface area contributed by atoms with Crippen molar-refractivity contribution in [1.82, 2.24) is 0 Å². The summed E-state index contributed by atoms with van der Waals surface area (Å²) in [6, 6.07) is 10.5. The van der Waals surface area contributed by atoms with Crippen molar-refractivity contribution in [3.8, 4) is 0 Å². The highest BCUT2D eigenvalue weighted by molar-refractivity contribution is 7.66. The van der Waals surface area contributed by atoms with E-state index in [0.29, 0.717) is 5.92 Å². The van der Waals surface area contributed by atoms with Gasteiger partial charge in [0.15, 0.2) is 0 Å². The molecule has 0 unspecified atom stereocenters. The Morgan fingerprint density at radius 1 is 1.15 bits per heavy atom. The quantitative estimate of drug-likeness (QED) is 0.540. The Bertz CT molecular complexity index is 283. The lowest BCUT2D eigenvalue weighted by atomic mass is 10.0. The molecule has 0 bridgehead atoms. The molecule has 0 fully saturated rings.